The van der Waals surface area contributed by atoms with Gasteiger partial charge < -0.3 is 10.1 Å². The van der Waals surface area contributed by atoms with Crippen molar-refractivity contribution in [3.63, 3.8) is 0 Å². The first kappa shape index (κ1) is 21.8. The van der Waals surface area contributed by atoms with Gasteiger partial charge in [-0.3, -0.25) is 10.7 Å². The third-order valence-electron chi connectivity index (χ3n) is 4.25. The van der Waals surface area contributed by atoms with E-state index < -0.39 is 11.8 Å². The zero-order valence-corrected chi connectivity index (χ0v) is 16.8. The number of nitriles is 1. The summed E-state index contributed by atoms with van der Waals surface area (Å²) in [7, 11) is 0. The fourth-order valence-electron chi connectivity index (χ4n) is 2.80. The van der Waals surface area contributed by atoms with Crippen molar-refractivity contribution in [1.82, 2.24) is 10.3 Å². The Morgan fingerprint density at radius 3 is 2.71 bits per heavy atom. The molecule has 8 nitrogen and oxygen atoms in total. The summed E-state index contributed by atoms with van der Waals surface area (Å²) in [6.45, 7) is 0.282. The molecule has 2 aromatic carbocycles. The first-order valence-electron chi connectivity index (χ1n) is 9.06. The van der Waals surface area contributed by atoms with Gasteiger partial charge in [0.25, 0.3) is 6.26 Å². The van der Waals surface area contributed by atoms with Crippen LogP contribution in [0.2, 0.25) is 5.02 Å². The molecule has 0 unspecified atom stereocenters. The van der Waals surface area contributed by atoms with Crippen LogP contribution in [0.3, 0.4) is 0 Å². The van der Waals surface area contributed by atoms with Gasteiger partial charge in [-0.2, -0.15) is 0 Å². The first-order valence-corrected chi connectivity index (χ1v) is 9.44. The van der Waals surface area contributed by atoms with Crippen molar-refractivity contribution >= 4 is 34.8 Å². The van der Waals surface area contributed by atoms with Gasteiger partial charge in [-0.15, -0.1) is 5.26 Å². The van der Waals surface area contributed by atoms with Crippen molar-refractivity contribution in [2.24, 2.45) is 0 Å². The Labute approximate surface area is 182 Å². The Bertz CT molecular complexity index is 1100. The van der Waals surface area contributed by atoms with E-state index >= 15 is 0 Å². The highest BCUT2D eigenvalue weighted by atomic mass is 35.5. The SMILES string of the molecule is N#COc1ccc(N(C(=O)NCCc2ccc(Cl)cc2)c2ncccc2NO)cc1F. The second kappa shape index (κ2) is 10.2. The van der Waals surface area contributed by atoms with E-state index in [0.717, 1.165) is 16.5 Å². The fraction of sp³-hybridized carbons (Fsp3) is 0.0952. The molecule has 3 aromatic rings. The van der Waals surface area contributed by atoms with Gasteiger partial charge in [0.1, 0.15) is 5.69 Å². The molecule has 10 heteroatoms. The Morgan fingerprint density at radius 1 is 1.26 bits per heavy atom. The minimum Gasteiger partial charge on any atom is -0.385 e. The monoisotopic (exact) mass is 441 g/mol. The van der Waals surface area contributed by atoms with E-state index in [0.29, 0.717) is 11.4 Å². The van der Waals surface area contributed by atoms with Crippen LogP contribution in [-0.2, 0) is 6.42 Å². The van der Waals surface area contributed by atoms with Gasteiger partial charge in [-0.1, -0.05) is 23.7 Å². The highest BCUT2D eigenvalue weighted by molar-refractivity contribution is 6.30. The summed E-state index contributed by atoms with van der Waals surface area (Å²) < 4.78 is 18.9. The van der Waals surface area contributed by atoms with Crippen LogP contribution >= 0.6 is 11.6 Å². The van der Waals surface area contributed by atoms with E-state index in [4.69, 9.17) is 16.9 Å². The molecule has 0 aliphatic rings. The smallest absolute Gasteiger partial charge is 0.327 e. The number of ether oxygens (including phenoxy) is 1. The maximum Gasteiger partial charge on any atom is 0.327 e. The summed E-state index contributed by atoms with van der Waals surface area (Å²) >= 11 is 5.88. The first-order chi connectivity index (χ1) is 15.0. The molecule has 0 aliphatic heterocycles. The van der Waals surface area contributed by atoms with Crippen LogP contribution in [0.15, 0.2) is 60.8 Å². The van der Waals surface area contributed by atoms with Crippen molar-refractivity contribution in [2.75, 3.05) is 16.9 Å². The number of amides is 2. The molecule has 0 saturated carbocycles. The highest BCUT2D eigenvalue weighted by Crippen LogP contribution is 2.32. The Kier molecular flexibility index (Phi) is 7.22. The van der Waals surface area contributed by atoms with E-state index in [-0.39, 0.29) is 29.5 Å². The van der Waals surface area contributed by atoms with Crippen molar-refractivity contribution in [1.29, 1.82) is 5.26 Å². The summed E-state index contributed by atoms with van der Waals surface area (Å²) in [6.07, 6.45) is 3.36. The molecule has 2 amide bonds. The number of anilines is 3. The average Bonchev–Trinajstić information content (AvgIpc) is 2.77. The lowest BCUT2D eigenvalue weighted by atomic mass is 10.1. The van der Waals surface area contributed by atoms with Crippen molar-refractivity contribution < 1.29 is 19.1 Å². The second-order valence-electron chi connectivity index (χ2n) is 6.24. The zero-order chi connectivity index (χ0) is 22.2. The Morgan fingerprint density at radius 2 is 2.03 bits per heavy atom. The minimum absolute atomic E-state index is 0.0438. The molecule has 0 saturated heterocycles. The third kappa shape index (κ3) is 5.39. The highest BCUT2D eigenvalue weighted by Gasteiger charge is 2.23. The molecule has 158 valence electrons. The Balaban J connectivity index is 1.87. The molecule has 0 radical (unpaired) electrons. The maximum absolute atomic E-state index is 14.3. The second-order valence-corrected chi connectivity index (χ2v) is 6.67. The number of rotatable bonds is 7. The molecule has 3 N–H and O–H groups in total. The van der Waals surface area contributed by atoms with E-state index in [9.17, 15) is 14.4 Å². The van der Waals surface area contributed by atoms with Crippen LogP contribution < -0.4 is 20.4 Å². The topological polar surface area (TPSA) is 111 Å². The van der Waals surface area contributed by atoms with E-state index in [1.54, 1.807) is 18.2 Å². The van der Waals surface area contributed by atoms with Gasteiger partial charge in [-0.05, 0) is 48.4 Å². The fourth-order valence-corrected chi connectivity index (χ4v) is 2.93. The third-order valence-corrected chi connectivity index (χ3v) is 4.51. The Hall–Kier alpha value is -3.87. The minimum atomic E-state index is -0.840. The van der Waals surface area contributed by atoms with Crippen LogP contribution in [0, 0.1) is 17.3 Å². The molecule has 0 bridgehead atoms. The van der Waals surface area contributed by atoms with Crippen LogP contribution in [0.1, 0.15) is 5.56 Å². The van der Waals surface area contributed by atoms with Crippen molar-refractivity contribution in [3.05, 3.63) is 77.2 Å². The molecule has 3 rings (SSSR count). The molecule has 31 heavy (non-hydrogen) atoms. The van der Waals surface area contributed by atoms with Crippen LogP contribution in [0.25, 0.3) is 0 Å². The zero-order valence-electron chi connectivity index (χ0n) is 16.0. The van der Waals surface area contributed by atoms with E-state index in [1.807, 2.05) is 17.6 Å². The number of benzene rings is 2. The van der Waals surface area contributed by atoms with Gasteiger partial charge in [0, 0.05) is 23.8 Å². The van der Waals surface area contributed by atoms with Crippen LogP contribution in [0.5, 0.6) is 5.75 Å². The summed E-state index contributed by atoms with van der Waals surface area (Å²) in [5.74, 6) is -1.08. The van der Waals surface area contributed by atoms with Gasteiger partial charge in [0.05, 0.1) is 5.69 Å². The number of carbonyl (C=O) groups excluding carboxylic acids is 1. The number of hydrogen-bond donors (Lipinski definition) is 3. The molecule has 0 fully saturated rings. The standard InChI is InChI=1S/C21H17ClFN5O3/c22-15-5-3-14(4-6-15)9-11-26-21(29)28(20-18(27-30)2-1-10-25-20)16-7-8-19(31-13-24)17(23)12-16/h1-8,10,12,27,30H,9,11H2,(H,26,29). The quantitative estimate of drug-likeness (QED) is 0.364. The van der Waals surface area contributed by atoms with Crippen LogP contribution in [0.4, 0.5) is 26.4 Å². The number of urea groups is 1. The number of halogens is 2. The van der Waals surface area contributed by atoms with E-state index in [1.165, 1.54) is 30.7 Å². The molecule has 1 heterocycles. The summed E-state index contributed by atoms with van der Waals surface area (Å²) in [5, 5.41) is 21.4. The number of carbonyl (C=O) groups is 1. The predicted octanol–water partition coefficient (Wildman–Crippen LogP) is 4.63. The molecule has 0 atom stereocenters. The maximum atomic E-state index is 14.3. The normalized spacial score (nSPS) is 10.1. The lowest BCUT2D eigenvalue weighted by molar-refractivity contribution is 0.248. The van der Waals surface area contributed by atoms with Gasteiger partial charge in [0.15, 0.2) is 17.4 Å². The lowest BCUT2D eigenvalue weighted by Gasteiger charge is -2.24. The predicted molar refractivity (Wildman–Crippen MR) is 113 cm³/mol. The molecule has 0 spiro atoms. The van der Waals surface area contributed by atoms with Crippen LogP contribution in [-0.4, -0.2) is 22.8 Å². The number of nitrogens with zero attached hydrogens (tertiary/aromatic N) is 3. The lowest BCUT2D eigenvalue weighted by Crippen LogP contribution is -2.38. The molecular formula is C21H17ClFN5O3. The summed E-state index contributed by atoms with van der Waals surface area (Å²) in [5.41, 5.74) is 3.19. The number of nitrogens with one attached hydrogen (secondary N) is 2. The van der Waals surface area contributed by atoms with Gasteiger partial charge in [-0.25, -0.2) is 19.1 Å². The molecular weight excluding hydrogens is 425 g/mol. The van der Waals surface area contributed by atoms with E-state index in [2.05, 4.69) is 15.0 Å². The number of aromatic nitrogens is 1. The average molecular weight is 442 g/mol. The number of pyridine rings is 1. The summed E-state index contributed by atoms with van der Waals surface area (Å²) in [4.78, 5) is 18.2. The molecule has 0 aliphatic carbocycles. The van der Waals surface area contributed by atoms with Gasteiger partial charge in [0.2, 0.25) is 0 Å². The van der Waals surface area contributed by atoms with Gasteiger partial charge >= 0.3 is 6.03 Å². The molecule has 1 aromatic heterocycles. The van der Waals surface area contributed by atoms with Crippen molar-refractivity contribution in [2.45, 2.75) is 6.42 Å². The summed E-state index contributed by atoms with van der Waals surface area (Å²) in [6, 6.07) is 13.3. The number of hydrogen-bond acceptors (Lipinski definition) is 6. The largest absolute Gasteiger partial charge is 0.385 e. The van der Waals surface area contributed by atoms with Crippen molar-refractivity contribution in [3.8, 4) is 12.0 Å².